The highest BCUT2D eigenvalue weighted by molar-refractivity contribution is 6.01. The molecule has 21 heavy (non-hydrogen) atoms. The zero-order valence-corrected chi connectivity index (χ0v) is 11.1. The summed E-state index contributed by atoms with van der Waals surface area (Å²) in [6, 6.07) is 6.60. The van der Waals surface area contributed by atoms with Crippen LogP contribution in [0, 0.1) is 12.3 Å². The average Bonchev–Trinajstić information content (AvgIpc) is 2.47. The molecule has 0 unspecified atom stereocenters. The summed E-state index contributed by atoms with van der Waals surface area (Å²) in [5.74, 6) is 1.15. The number of nitrogens with one attached hydrogen (secondary N) is 1. The summed E-state index contributed by atoms with van der Waals surface area (Å²) in [4.78, 5) is 27.9. The van der Waals surface area contributed by atoms with E-state index in [-0.39, 0.29) is 6.54 Å². The molecule has 1 heterocycles. The molecule has 2 N–H and O–H groups in total. The van der Waals surface area contributed by atoms with Gasteiger partial charge in [-0.2, -0.15) is 0 Å². The van der Waals surface area contributed by atoms with Crippen molar-refractivity contribution in [1.82, 2.24) is 9.88 Å². The molecule has 1 aromatic carbocycles. The van der Waals surface area contributed by atoms with Crippen LogP contribution in [-0.4, -0.2) is 40.1 Å². The summed E-state index contributed by atoms with van der Waals surface area (Å²) >= 11 is 0. The van der Waals surface area contributed by atoms with E-state index in [0.29, 0.717) is 5.69 Å². The molecule has 6 heteroatoms. The quantitative estimate of drug-likeness (QED) is 0.838. The van der Waals surface area contributed by atoms with Crippen LogP contribution in [0.1, 0.15) is 0 Å². The third-order valence-corrected chi connectivity index (χ3v) is 2.82. The molecule has 0 radical (unpaired) electrons. The predicted molar refractivity (Wildman–Crippen MR) is 78.8 cm³/mol. The molecule has 106 valence electrons. The third-order valence-electron chi connectivity index (χ3n) is 2.82. The maximum Gasteiger partial charge on any atom is 0.323 e. The van der Waals surface area contributed by atoms with E-state index in [4.69, 9.17) is 11.5 Å². The van der Waals surface area contributed by atoms with E-state index in [2.05, 4.69) is 16.2 Å². The van der Waals surface area contributed by atoms with Gasteiger partial charge in [0.2, 0.25) is 0 Å². The van der Waals surface area contributed by atoms with Crippen molar-refractivity contribution in [2.24, 2.45) is 0 Å². The zero-order valence-electron chi connectivity index (χ0n) is 11.1. The molecule has 0 aliphatic heterocycles. The summed E-state index contributed by atoms with van der Waals surface area (Å²) in [6.07, 6.45) is 8.46. The van der Waals surface area contributed by atoms with Crippen LogP contribution in [0.15, 0.2) is 36.7 Å². The highest BCUT2D eigenvalue weighted by atomic mass is 16.4. The molecule has 2 rings (SSSR count). The number of hydrogen-bond donors (Lipinski definition) is 2. The molecule has 2 amide bonds. The van der Waals surface area contributed by atoms with Crippen LogP contribution in [0.3, 0.4) is 0 Å². The van der Waals surface area contributed by atoms with E-state index in [0.717, 1.165) is 15.7 Å². The minimum absolute atomic E-state index is 0.0789. The summed E-state index contributed by atoms with van der Waals surface area (Å²) < 4.78 is 0. The van der Waals surface area contributed by atoms with Crippen LogP contribution >= 0.6 is 0 Å². The second-order valence-electron chi connectivity index (χ2n) is 4.29. The van der Waals surface area contributed by atoms with Gasteiger partial charge in [0.1, 0.15) is 6.54 Å². The highest BCUT2D eigenvalue weighted by Crippen LogP contribution is 2.22. The molecule has 0 atom stereocenters. The van der Waals surface area contributed by atoms with E-state index >= 15 is 0 Å². The second-order valence-corrected chi connectivity index (χ2v) is 4.29. The van der Waals surface area contributed by atoms with Gasteiger partial charge >= 0.3 is 12.0 Å². The number of fused-ring (bicyclic) bond motifs is 1. The van der Waals surface area contributed by atoms with Gasteiger partial charge < -0.3 is 15.3 Å². The number of amides is 2. The predicted octanol–water partition coefficient (Wildman–Crippen LogP) is 1.79. The van der Waals surface area contributed by atoms with Crippen LogP contribution in [-0.2, 0) is 4.79 Å². The molecule has 0 spiro atoms. The van der Waals surface area contributed by atoms with Crippen molar-refractivity contribution < 1.29 is 14.7 Å². The van der Waals surface area contributed by atoms with Crippen molar-refractivity contribution in [3.05, 3.63) is 36.7 Å². The van der Waals surface area contributed by atoms with Gasteiger partial charge in [-0.25, -0.2) is 4.79 Å². The first-order valence-corrected chi connectivity index (χ1v) is 6.15. The number of rotatable bonds is 4. The standard InChI is InChI=1S/C15H13N3O3/c1-2-8-18(10-14(19)20)15(21)17-13-5-3-4-11-9-16-7-6-12(11)13/h1,3-7,9H,8,10H2,(H,17,21)(H,19,20). The maximum atomic E-state index is 12.1. The summed E-state index contributed by atoms with van der Waals surface area (Å²) in [6.45, 7) is -0.535. The lowest BCUT2D eigenvalue weighted by molar-refractivity contribution is -0.137. The number of carbonyl (C=O) groups is 2. The zero-order chi connectivity index (χ0) is 15.2. The van der Waals surface area contributed by atoms with Gasteiger partial charge in [-0.15, -0.1) is 6.42 Å². The Balaban J connectivity index is 2.24. The van der Waals surface area contributed by atoms with Crippen molar-refractivity contribution in [3.63, 3.8) is 0 Å². The van der Waals surface area contributed by atoms with Gasteiger partial charge in [-0.1, -0.05) is 18.1 Å². The minimum atomic E-state index is -1.12. The molecule has 0 aliphatic rings. The lowest BCUT2D eigenvalue weighted by Crippen LogP contribution is -2.39. The highest BCUT2D eigenvalue weighted by Gasteiger charge is 2.16. The van der Waals surface area contributed by atoms with E-state index in [9.17, 15) is 9.59 Å². The number of carboxylic acids is 1. The van der Waals surface area contributed by atoms with Crippen molar-refractivity contribution in [2.75, 3.05) is 18.4 Å². The molecule has 6 nitrogen and oxygen atoms in total. The van der Waals surface area contributed by atoms with Gasteiger partial charge in [0.05, 0.1) is 12.2 Å². The van der Waals surface area contributed by atoms with Crippen LogP contribution in [0.4, 0.5) is 10.5 Å². The van der Waals surface area contributed by atoms with Crippen molar-refractivity contribution in [2.45, 2.75) is 0 Å². The molecule has 0 aliphatic carbocycles. The number of pyridine rings is 1. The average molecular weight is 283 g/mol. The monoisotopic (exact) mass is 283 g/mol. The molecule has 0 fully saturated rings. The van der Waals surface area contributed by atoms with Gasteiger partial charge in [-0.3, -0.25) is 9.78 Å². The van der Waals surface area contributed by atoms with Gasteiger partial charge in [0, 0.05) is 23.2 Å². The Morgan fingerprint density at radius 2 is 2.19 bits per heavy atom. The summed E-state index contributed by atoms with van der Waals surface area (Å²) in [5, 5.41) is 13.2. The number of aromatic nitrogens is 1. The molecule has 0 saturated carbocycles. The van der Waals surface area contributed by atoms with Gasteiger partial charge in [0.25, 0.3) is 0 Å². The number of hydrogen-bond acceptors (Lipinski definition) is 3. The Morgan fingerprint density at radius 3 is 2.90 bits per heavy atom. The van der Waals surface area contributed by atoms with Gasteiger partial charge in [0.15, 0.2) is 0 Å². The van der Waals surface area contributed by atoms with E-state index < -0.39 is 18.5 Å². The Bertz CT molecular complexity index is 716. The number of carbonyl (C=O) groups excluding carboxylic acids is 1. The number of nitrogens with zero attached hydrogens (tertiary/aromatic N) is 2. The SMILES string of the molecule is C#CCN(CC(=O)O)C(=O)Nc1cccc2cnccc12. The van der Waals surface area contributed by atoms with E-state index in [1.54, 1.807) is 30.6 Å². The van der Waals surface area contributed by atoms with E-state index in [1.165, 1.54) is 0 Å². The molecular formula is C15H13N3O3. The van der Waals surface area contributed by atoms with Crippen LogP contribution < -0.4 is 5.32 Å². The first kappa shape index (κ1) is 14.3. The van der Waals surface area contributed by atoms with Crippen molar-refractivity contribution in [3.8, 4) is 12.3 Å². The Labute approximate surface area is 121 Å². The fraction of sp³-hybridized carbons (Fsp3) is 0.133. The lowest BCUT2D eigenvalue weighted by atomic mass is 10.1. The first-order valence-electron chi connectivity index (χ1n) is 6.15. The minimum Gasteiger partial charge on any atom is -0.480 e. The first-order chi connectivity index (χ1) is 10.1. The summed E-state index contributed by atoms with van der Waals surface area (Å²) in [7, 11) is 0. The summed E-state index contributed by atoms with van der Waals surface area (Å²) in [5.41, 5.74) is 0.576. The Hall–Kier alpha value is -3.07. The van der Waals surface area contributed by atoms with Crippen LogP contribution in [0.5, 0.6) is 0 Å². The Kier molecular flexibility index (Phi) is 4.36. The number of urea groups is 1. The fourth-order valence-electron chi connectivity index (χ4n) is 1.90. The molecular weight excluding hydrogens is 270 g/mol. The Morgan fingerprint density at radius 1 is 1.38 bits per heavy atom. The smallest absolute Gasteiger partial charge is 0.323 e. The van der Waals surface area contributed by atoms with Crippen LogP contribution in [0.2, 0.25) is 0 Å². The number of terminal acetylenes is 1. The van der Waals surface area contributed by atoms with Crippen molar-refractivity contribution >= 4 is 28.5 Å². The third kappa shape index (κ3) is 3.48. The number of aliphatic carboxylic acids is 1. The topological polar surface area (TPSA) is 82.5 Å². The molecule has 2 aromatic rings. The molecule has 0 saturated heterocycles. The fourth-order valence-corrected chi connectivity index (χ4v) is 1.90. The lowest BCUT2D eigenvalue weighted by Gasteiger charge is -2.19. The maximum absolute atomic E-state index is 12.1. The number of benzene rings is 1. The van der Waals surface area contributed by atoms with Crippen molar-refractivity contribution in [1.29, 1.82) is 0 Å². The number of carboxylic acid groups (broad SMARTS) is 1. The number of anilines is 1. The molecule has 1 aromatic heterocycles. The van der Waals surface area contributed by atoms with Gasteiger partial charge in [-0.05, 0) is 12.1 Å². The molecule has 0 bridgehead atoms. The van der Waals surface area contributed by atoms with E-state index in [1.807, 2.05) is 6.07 Å². The normalized spacial score (nSPS) is 9.86. The largest absolute Gasteiger partial charge is 0.480 e. The second kappa shape index (κ2) is 6.39. The van der Waals surface area contributed by atoms with Crippen LogP contribution in [0.25, 0.3) is 10.8 Å².